The van der Waals surface area contributed by atoms with Crippen molar-refractivity contribution in [2.45, 2.75) is 39.5 Å². The lowest BCUT2D eigenvalue weighted by Gasteiger charge is -2.03. The minimum atomic E-state index is 0.0187. The van der Waals surface area contributed by atoms with Crippen molar-refractivity contribution in [3.63, 3.8) is 0 Å². The number of hydrogen-bond acceptors (Lipinski definition) is 2. The van der Waals surface area contributed by atoms with Gasteiger partial charge in [0, 0.05) is 26.4 Å². The second kappa shape index (κ2) is 9.49. The molecule has 87 valence electrons. The summed E-state index contributed by atoms with van der Waals surface area (Å²) < 4.78 is 0. The molecule has 0 aliphatic heterocycles. The molecule has 0 aromatic heterocycles. The van der Waals surface area contributed by atoms with E-state index >= 15 is 0 Å². The van der Waals surface area contributed by atoms with E-state index in [1.807, 2.05) is 6.92 Å². The molecule has 0 aliphatic rings. The standard InChI is InChI=1S/C11H21N2O2/c1-3-11(15)13-9-7-5-4-6-8-12-10(2)14/h5H,3-4,6-9H2,1-2H3,(H,12,14)(H,13,15). The van der Waals surface area contributed by atoms with Crippen LogP contribution >= 0.6 is 0 Å². The maximum Gasteiger partial charge on any atom is 0.219 e. The fraction of sp³-hybridized carbons (Fsp3) is 0.727. The van der Waals surface area contributed by atoms with E-state index in [1.54, 1.807) is 0 Å². The molecular weight excluding hydrogens is 192 g/mol. The van der Waals surface area contributed by atoms with Gasteiger partial charge < -0.3 is 10.6 Å². The summed E-state index contributed by atoms with van der Waals surface area (Å²) in [5.74, 6) is 0.117. The topological polar surface area (TPSA) is 58.2 Å². The number of carbonyl (C=O) groups is 2. The molecule has 0 spiro atoms. The van der Waals surface area contributed by atoms with Crippen LogP contribution in [0.25, 0.3) is 0 Å². The van der Waals surface area contributed by atoms with Gasteiger partial charge in [-0.15, -0.1) is 0 Å². The molecule has 4 nitrogen and oxygen atoms in total. The van der Waals surface area contributed by atoms with E-state index in [0.29, 0.717) is 13.0 Å². The van der Waals surface area contributed by atoms with Crippen molar-refractivity contribution in [3.05, 3.63) is 6.42 Å². The van der Waals surface area contributed by atoms with E-state index in [4.69, 9.17) is 0 Å². The van der Waals surface area contributed by atoms with Gasteiger partial charge in [-0.2, -0.15) is 0 Å². The summed E-state index contributed by atoms with van der Waals surface area (Å²) in [6.07, 6.45) is 5.51. The zero-order valence-electron chi connectivity index (χ0n) is 9.64. The third-order valence-corrected chi connectivity index (χ3v) is 1.95. The Balaban J connectivity index is 3.05. The number of carbonyl (C=O) groups excluding carboxylic acids is 2. The first-order chi connectivity index (χ1) is 7.16. The van der Waals surface area contributed by atoms with E-state index in [-0.39, 0.29) is 11.8 Å². The monoisotopic (exact) mass is 213 g/mol. The molecule has 0 fully saturated rings. The van der Waals surface area contributed by atoms with Gasteiger partial charge >= 0.3 is 0 Å². The van der Waals surface area contributed by atoms with Crippen LogP contribution in [0.5, 0.6) is 0 Å². The summed E-state index contributed by atoms with van der Waals surface area (Å²) in [5, 5.41) is 5.54. The highest BCUT2D eigenvalue weighted by molar-refractivity contribution is 5.75. The summed E-state index contributed by atoms with van der Waals surface area (Å²) in [5.41, 5.74) is 0. The molecule has 0 bridgehead atoms. The lowest BCUT2D eigenvalue weighted by molar-refractivity contribution is -0.121. The van der Waals surface area contributed by atoms with Gasteiger partial charge in [-0.05, 0) is 25.7 Å². The van der Waals surface area contributed by atoms with Crippen LogP contribution in [0.4, 0.5) is 0 Å². The Kier molecular flexibility index (Phi) is 8.82. The number of hydrogen-bond donors (Lipinski definition) is 2. The summed E-state index contributed by atoms with van der Waals surface area (Å²) in [4.78, 5) is 21.4. The van der Waals surface area contributed by atoms with Gasteiger partial charge in [-0.1, -0.05) is 6.92 Å². The molecule has 2 N–H and O–H groups in total. The Morgan fingerprint density at radius 3 is 2.47 bits per heavy atom. The zero-order chi connectivity index (χ0) is 11.5. The predicted molar refractivity (Wildman–Crippen MR) is 60.1 cm³/mol. The van der Waals surface area contributed by atoms with Crippen LogP contribution in [-0.4, -0.2) is 24.9 Å². The van der Waals surface area contributed by atoms with Gasteiger partial charge in [0.15, 0.2) is 0 Å². The fourth-order valence-electron chi connectivity index (χ4n) is 1.09. The number of nitrogens with one attached hydrogen (secondary N) is 2. The van der Waals surface area contributed by atoms with Crippen molar-refractivity contribution in [1.29, 1.82) is 0 Å². The maximum atomic E-state index is 10.8. The molecule has 0 heterocycles. The van der Waals surface area contributed by atoms with Crippen molar-refractivity contribution in [3.8, 4) is 0 Å². The minimum absolute atomic E-state index is 0.0187. The second-order valence-electron chi connectivity index (χ2n) is 3.41. The summed E-state index contributed by atoms with van der Waals surface area (Å²) in [6.45, 7) is 4.80. The van der Waals surface area contributed by atoms with Crippen LogP contribution < -0.4 is 10.6 Å². The van der Waals surface area contributed by atoms with E-state index in [0.717, 1.165) is 25.8 Å². The number of amides is 2. The van der Waals surface area contributed by atoms with Crippen LogP contribution in [0.15, 0.2) is 0 Å². The van der Waals surface area contributed by atoms with Crippen molar-refractivity contribution < 1.29 is 9.59 Å². The molecular formula is C11H21N2O2. The largest absolute Gasteiger partial charge is 0.356 e. The van der Waals surface area contributed by atoms with Crippen LogP contribution in [0.2, 0.25) is 0 Å². The van der Waals surface area contributed by atoms with E-state index < -0.39 is 0 Å². The number of unbranched alkanes of at least 4 members (excludes halogenated alkanes) is 3. The van der Waals surface area contributed by atoms with Gasteiger partial charge in [0.25, 0.3) is 0 Å². The predicted octanol–water partition coefficient (Wildman–Crippen LogP) is 1.02. The molecule has 0 saturated heterocycles. The molecule has 1 radical (unpaired) electrons. The Morgan fingerprint density at radius 2 is 1.87 bits per heavy atom. The average Bonchev–Trinajstić information content (AvgIpc) is 2.21. The van der Waals surface area contributed by atoms with E-state index in [2.05, 4.69) is 17.1 Å². The highest BCUT2D eigenvalue weighted by atomic mass is 16.2. The lowest BCUT2D eigenvalue weighted by atomic mass is 10.2. The average molecular weight is 213 g/mol. The van der Waals surface area contributed by atoms with Gasteiger partial charge in [0.05, 0.1) is 0 Å². The second-order valence-corrected chi connectivity index (χ2v) is 3.41. The molecule has 0 aromatic carbocycles. The first kappa shape index (κ1) is 13.9. The van der Waals surface area contributed by atoms with Crippen molar-refractivity contribution in [2.24, 2.45) is 0 Å². The van der Waals surface area contributed by atoms with Crippen LogP contribution in [-0.2, 0) is 9.59 Å². The summed E-state index contributed by atoms with van der Waals surface area (Å²) >= 11 is 0. The quantitative estimate of drug-likeness (QED) is 0.591. The first-order valence-corrected chi connectivity index (χ1v) is 5.49. The van der Waals surface area contributed by atoms with Gasteiger partial charge in [0.1, 0.15) is 0 Å². The third-order valence-electron chi connectivity index (χ3n) is 1.95. The highest BCUT2D eigenvalue weighted by Gasteiger charge is 1.95. The van der Waals surface area contributed by atoms with Gasteiger partial charge in [-0.3, -0.25) is 9.59 Å². The van der Waals surface area contributed by atoms with Crippen molar-refractivity contribution >= 4 is 11.8 Å². The van der Waals surface area contributed by atoms with E-state index in [1.165, 1.54) is 6.92 Å². The highest BCUT2D eigenvalue weighted by Crippen LogP contribution is 1.96. The third kappa shape index (κ3) is 10.9. The molecule has 0 rings (SSSR count). The smallest absolute Gasteiger partial charge is 0.219 e. The summed E-state index contributed by atoms with van der Waals surface area (Å²) in [7, 11) is 0. The normalized spacial score (nSPS) is 9.73. The minimum Gasteiger partial charge on any atom is -0.356 e. The molecule has 0 unspecified atom stereocenters. The fourth-order valence-corrected chi connectivity index (χ4v) is 1.09. The molecule has 0 saturated carbocycles. The van der Waals surface area contributed by atoms with E-state index in [9.17, 15) is 9.59 Å². The Labute approximate surface area is 91.8 Å². The number of rotatable bonds is 8. The van der Waals surface area contributed by atoms with Crippen molar-refractivity contribution in [1.82, 2.24) is 10.6 Å². The lowest BCUT2D eigenvalue weighted by Crippen LogP contribution is -2.23. The molecule has 0 aliphatic carbocycles. The zero-order valence-corrected chi connectivity index (χ0v) is 9.64. The summed E-state index contributed by atoms with van der Waals surface area (Å²) in [6, 6.07) is 0. The van der Waals surface area contributed by atoms with Gasteiger partial charge in [-0.25, -0.2) is 0 Å². The molecule has 15 heavy (non-hydrogen) atoms. The van der Waals surface area contributed by atoms with Gasteiger partial charge in [0.2, 0.25) is 11.8 Å². The Bertz CT molecular complexity index is 193. The molecule has 0 aromatic rings. The SMILES string of the molecule is CCC(=O)NCC[CH]CCCNC(C)=O. The Morgan fingerprint density at radius 1 is 1.13 bits per heavy atom. The molecule has 2 amide bonds. The van der Waals surface area contributed by atoms with Crippen LogP contribution in [0.1, 0.15) is 39.5 Å². The van der Waals surface area contributed by atoms with Crippen LogP contribution in [0.3, 0.4) is 0 Å². The first-order valence-electron chi connectivity index (χ1n) is 5.49. The molecule has 4 heteroatoms. The van der Waals surface area contributed by atoms with Crippen LogP contribution in [0, 0.1) is 6.42 Å². The van der Waals surface area contributed by atoms with Crippen molar-refractivity contribution in [2.75, 3.05) is 13.1 Å². The maximum absolute atomic E-state index is 10.8. The Hall–Kier alpha value is -1.06. The molecule has 0 atom stereocenters.